The lowest BCUT2D eigenvalue weighted by Crippen LogP contribution is -2.41. The average Bonchev–Trinajstić information content (AvgIpc) is 3.09. The van der Waals surface area contributed by atoms with Crippen LogP contribution in [0.1, 0.15) is 76.7 Å². The molecular weight excluding hydrogens is 535 g/mol. The first kappa shape index (κ1) is 23.9. The third-order valence-corrected chi connectivity index (χ3v) is 8.28. The van der Waals surface area contributed by atoms with Gasteiger partial charge in [0.25, 0.3) is 5.91 Å². The van der Waals surface area contributed by atoms with Crippen molar-refractivity contribution in [2.75, 3.05) is 13.7 Å². The highest BCUT2D eigenvalue weighted by Gasteiger charge is 2.39. The van der Waals surface area contributed by atoms with Crippen molar-refractivity contribution in [1.29, 1.82) is 0 Å². The molecule has 0 atom stereocenters. The predicted octanol–water partition coefficient (Wildman–Crippen LogP) is 6.64. The quantitative estimate of drug-likeness (QED) is 0.285. The SMILES string of the molecule is CCOc1cc(C=C2SC(=NC3CCCCC3)N(C3CCCCC3)C2=O)cc(I)c1OC. The van der Waals surface area contributed by atoms with E-state index in [1.807, 2.05) is 30.0 Å². The Labute approximate surface area is 209 Å². The molecule has 3 fully saturated rings. The maximum absolute atomic E-state index is 13.6. The molecule has 1 heterocycles. The number of ether oxygens (including phenoxy) is 2. The predicted molar refractivity (Wildman–Crippen MR) is 140 cm³/mol. The minimum absolute atomic E-state index is 0.111. The molecule has 0 spiro atoms. The Hall–Kier alpha value is -1.22. The highest BCUT2D eigenvalue weighted by molar-refractivity contribution is 14.1. The zero-order chi connectivity index (χ0) is 22.5. The van der Waals surface area contributed by atoms with Crippen LogP contribution in [0.2, 0.25) is 0 Å². The summed E-state index contributed by atoms with van der Waals surface area (Å²) in [5, 5.41) is 0.924. The number of methoxy groups -OCH3 is 1. The Morgan fingerprint density at radius 2 is 1.81 bits per heavy atom. The molecule has 0 aromatic heterocycles. The Balaban J connectivity index is 1.66. The van der Waals surface area contributed by atoms with Crippen molar-refractivity contribution in [1.82, 2.24) is 4.90 Å². The molecule has 1 aromatic carbocycles. The van der Waals surface area contributed by atoms with E-state index in [-0.39, 0.29) is 11.9 Å². The summed E-state index contributed by atoms with van der Waals surface area (Å²) in [6, 6.07) is 4.65. The highest BCUT2D eigenvalue weighted by Crippen LogP contribution is 2.40. The van der Waals surface area contributed by atoms with E-state index < -0.39 is 0 Å². The number of carbonyl (C=O) groups excluding carboxylic acids is 1. The summed E-state index contributed by atoms with van der Waals surface area (Å²) in [5.74, 6) is 1.56. The Bertz CT molecular complexity index is 889. The van der Waals surface area contributed by atoms with E-state index in [1.54, 1.807) is 18.9 Å². The highest BCUT2D eigenvalue weighted by atomic mass is 127. The number of hydrogen-bond donors (Lipinski definition) is 0. The van der Waals surface area contributed by atoms with Crippen LogP contribution in [0.3, 0.4) is 0 Å². The number of carbonyl (C=O) groups is 1. The lowest BCUT2D eigenvalue weighted by molar-refractivity contribution is -0.124. The molecule has 1 aliphatic heterocycles. The zero-order valence-corrected chi connectivity index (χ0v) is 22.0. The van der Waals surface area contributed by atoms with Crippen molar-refractivity contribution in [3.05, 3.63) is 26.2 Å². The van der Waals surface area contributed by atoms with Gasteiger partial charge in [-0.3, -0.25) is 14.7 Å². The molecule has 0 bridgehead atoms. The summed E-state index contributed by atoms with van der Waals surface area (Å²) in [7, 11) is 1.66. The minimum atomic E-state index is 0.111. The molecule has 2 saturated carbocycles. The second-order valence-corrected chi connectivity index (χ2v) is 10.9. The van der Waals surface area contributed by atoms with Crippen molar-refractivity contribution in [2.45, 2.75) is 83.2 Å². The molecule has 1 aromatic rings. The van der Waals surface area contributed by atoms with Crippen LogP contribution in [0.5, 0.6) is 11.5 Å². The van der Waals surface area contributed by atoms with Gasteiger partial charge in [-0.15, -0.1) is 0 Å². The normalized spacial score (nSPS) is 23.3. The minimum Gasteiger partial charge on any atom is -0.492 e. The van der Waals surface area contributed by atoms with Gasteiger partial charge in [-0.1, -0.05) is 38.5 Å². The van der Waals surface area contributed by atoms with Gasteiger partial charge in [0, 0.05) is 6.04 Å². The fraction of sp³-hybridized carbons (Fsp3) is 0.600. The molecule has 1 amide bonds. The maximum Gasteiger partial charge on any atom is 0.266 e. The number of amides is 1. The molecular formula is C25H33IN2O3S. The molecule has 5 nitrogen and oxygen atoms in total. The van der Waals surface area contributed by atoms with Gasteiger partial charge in [0.15, 0.2) is 16.7 Å². The Kier molecular flexibility index (Phi) is 8.43. The van der Waals surface area contributed by atoms with Crippen LogP contribution in [0, 0.1) is 3.57 Å². The van der Waals surface area contributed by atoms with Gasteiger partial charge < -0.3 is 9.47 Å². The Morgan fingerprint density at radius 3 is 2.47 bits per heavy atom. The summed E-state index contributed by atoms with van der Waals surface area (Å²) in [6.07, 6.45) is 13.9. The van der Waals surface area contributed by atoms with Crippen LogP contribution in [-0.2, 0) is 4.79 Å². The van der Waals surface area contributed by atoms with Crippen molar-refractivity contribution in [3.8, 4) is 11.5 Å². The number of nitrogens with zero attached hydrogens (tertiary/aromatic N) is 2. The van der Waals surface area contributed by atoms with E-state index in [1.165, 1.54) is 38.5 Å². The van der Waals surface area contributed by atoms with Crippen molar-refractivity contribution in [2.24, 2.45) is 4.99 Å². The molecule has 4 rings (SSSR count). The van der Waals surface area contributed by atoms with Gasteiger partial charge in [0.2, 0.25) is 0 Å². The molecule has 0 radical (unpaired) electrons. The molecule has 7 heteroatoms. The number of thioether (sulfide) groups is 1. The van der Waals surface area contributed by atoms with Crippen LogP contribution in [-0.4, -0.2) is 41.8 Å². The van der Waals surface area contributed by atoms with Crippen LogP contribution in [0.4, 0.5) is 0 Å². The summed E-state index contributed by atoms with van der Waals surface area (Å²) < 4.78 is 12.3. The fourth-order valence-corrected chi connectivity index (χ4v) is 6.84. The van der Waals surface area contributed by atoms with Crippen molar-refractivity contribution >= 4 is 51.5 Å². The van der Waals surface area contributed by atoms with E-state index in [0.717, 1.165) is 50.6 Å². The van der Waals surface area contributed by atoms with Crippen LogP contribution in [0.25, 0.3) is 6.08 Å². The summed E-state index contributed by atoms with van der Waals surface area (Å²) in [6.45, 7) is 2.53. The third-order valence-electron chi connectivity index (χ3n) is 6.48. The smallest absolute Gasteiger partial charge is 0.266 e. The van der Waals surface area contributed by atoms with E-state index in [0.29, 0.717) is 18.4 Å². The van der Waals surface area contributed by atoms with Crippen LogP contribution < -0.4 is 9.47 Å². The first-order chi connectivity index (χ1) is 15.6. The monoisotopic (exact) mass is 568 g/mol. The average molecular weight is 569 g/mol. The molecule has 3 aliphatic rings. The lowest BCUT2D eigenvalue weighted by atomic mass is 9.94. The van der Waals surface area contributed by atoms with Crippen molar-refractivity contribution in [3.63, 3.8) is 0 Å². The first-order valence-corrected chi connectivity index (χ1v) is 13.8. The molecule has 174 valence electrons. The van der Waals surface area contributed by atoms with E-state index >= 15 is 0 Å². The number of halogens is 1. The third kappa shape index (κ3) is 5.46. The van der Waals surface area contributed by atoms with Crippen molar-refractivity contribution < 1.29 is 14.3 Å². The summed E-state index contributed by atoms with van der Waals surface area (Å²) in [5.41, 5.74) is 0.956. The van der Waals surface area contributed by atoms with Gasteiger partial charge in [0.05, 0.1) is 28.2 Å². The number of hydrogen-bond acceptors (Lipinski definition) is 5. The van der Waals surface area contributed by atoms with Gasteiger partial charge in [-0.25, -0.2) is 0 Å². The second-order valence-electron chi connectivity index (χ2n) is 8.75. The lowest BCUT2D eigenvalue weighted by Gasteiger charge is -2.31. The van der Waals surface area contributed by atoms with E-state index in [9.17, 15) is 4.79 Å². The summed E-state index contributed by atoms with van der Waals surface area (Å²) in [4.78, 5) is 21.5. The van der Waals surface area contributed by atoms with Gasteiger partial charge in [-0.05, 0) is 90.7 Å². The second kappa shape index (κ2) is 11.3. The summed E-state index contributed by atoms with van der Waals surface area (Å²) >= 11 is 3.82. The van der Waals surface area contributed by atoms with Crippen LogP contribution >= 0.6 is 34.4 Å². The van der Waals surface area contributed by atoms with Crippen LogP contribution in [0.15, 0.2) is 22.0 Å². The molecule has 32 heavy (non-hydrogen) atoms. The van der Waals surface area contributed by atoms with Gasteiger partial charge in [0.1, 0.15) is 0 Å². The van der Waals surface area contributed by atoms with Gasteiger partial charge >= 0.3 is 0 Å². The maximum atomic E-state index is 13.6. The van der Waals surface area contributed by atoms with E-state index in [2.05, 4.69) is 22.6 Å². The molecule has 2 aliphatic carbocycles. The molecule has 0 N–H and O–H groups in total. The number of rotatable bonds is 6. The first-order valence-electron chi connectivity index (χ1n) is 11.9. The number of amidine groups is 1. The number of aliphatic imine (C=N–C) groups is 1. The zero-order valence-electron chi connectivity index (χ0n) is 19.1. The number of benzene rings is 1. The topological polar surface area (TPSA) is 51.1 Å². The Morgan fingerprint density at radius 1 is 1.12 bits per heavy atom. The standard InChI is InChI=1S/C25H33IN2O3S/c1-3-31-21-15-17(14-20(26)23(21)30-2)16-22-24(29)28(19-12-8-5-9-13-19)25(32-22)27-18-10-6-4-7-11-18/h14-16,18-19H,3-13H2,1-2H3. The van der Waals surface area contributed by atoms with Gasteiger partial charge in [-0.2, -0.15) is 0 Å². The molecule has 0 unspecified atom stereocenters. The molecule has 1 saturated heterocycles. The fourth-order valence-electron chi connectivity index (χ4n) is 4.89. The largest absolute Gasteiger partial charge is 0.492 e. The van der Waals surface area contributed by atoms with E-state index in [4.69, 9.17) is 14.5 Å².